The number of rotatable bonds is 66. The molecule has 0 saturated heterocycles. The average molecular weight is 1120 g/mol. The van der Waals surface area contributed by atoms with Crippen LogP contribution in [0.1, 0.15) is 387 Å². The number of carbonyl (C=O) groups excluding carboxylic acids is 3. The number of hydrogen-bond donors (Lipinski definition) is 0. The number of carbonyl (C=O) groups is 3. The first-order valence-corrected chi connectivity index (χ1v) is 35.6. The average Bonchev–Trinajstić information content (AvgIpc) is 3.46. The molecule has 0 spiro atoms. The van der Waals surface area contributed by atoms with Crippen molar-refractivity contribution < 1.29 is 28.6 Å². The van der Waals surface area contributed by atoms with Gasteiger partial charge in [0, 0.05) is 19.3 Å². The van der Waals surface area contributed by atoms with Gasteiger partial charge in [-0.25, -0.2) is 0 Å². The van der Waals surface area contributed by atoms with E-state index in [1.807, 2.05) is 0 Å². The lowest BCUT2D eigenvalue weighted by Gasteiger charge is -2.18. The molecule has 0 amide bonds. The number of allylic oxidation sites excluding steroid dienone is 8. The molecule has 0 aliphatic rings. The third-order valence-corrected chi connectivity index (χ3v) is 16.1. The van der Waals surface area contributed by atoms with Crippen LogP contribution in [-0.4, -0.2) is 37.2 Å². The Morgan fingerprint density at radius 3 is 0.762 bits per heavy atom. The molecule has 0 aliphatic carbocycles. The predicted molar refractivity (Wildman–Crippen MR) is 349 cm³/mol. The Hall–Kier alpha value is -2.63. The monoisotopic (exact) mass is 1120 g/mol. The molecule has 1 unspecified atom stereocenters. The normalized spacial score (nSPS) is 12.3. The molecule has 1 atom stereocenters. The van der Waals surface area contributed by atoms with E-state index in [9.17, 15) is 14.4 Å². The third-order valence-electron chi connectivity index (χ3n) is 16.1. The summed E-state index contributed by atoms with van der Waals surface area (Å²) in [5.41, 5.74) is 0. The molecule has 468 valence electrons. The molecule has 0 rings (SSSR count). The van der Waals surface area contributed by atoms with Crippen LogP contribution >= 0.6 is 0 Å². The van der Waals surface area contributed by atoms with Crippen LogP contribution < -0.4 is 0 Å². The Morgan fingerprint density at radius 1 is 0.263 bits per heavy atom. The molecule has 0 radical (unpaired) electrons. The molecule has 0 heterocycles. The number of hydrogen-bond acceptors (Lipinski definition) is 6. The fourth-order valence-electron chi connectivity index (χ4n) is 10.8. The molecule has 0 aromatic rings. The topological polar surface area (TPSA) is 78.9 Å². The van der Waals surface area contributed by atoms with E-state index in [2.05, 4.69) is 69.4 Å². The van der Waals surface area contributed by atoms with E-state index < -0.39 is 6.10 Å². The van der Waals surface area contributed by atoms with Gasteiger partial charge in [0.1, 0.15) is 13.2 Å². The van der Waals surface area contributed by atoms with Crippen LogP contribution in [-0.2, 0) is 28.6 Å². The summed E-state index contributed by atoms with van der Waals surface area (Å²) in [6, 6.07) is 0. The summed E-state index contributed by atoms with van der Waals surface area (Å²) in [6.45, 7) is 6.61. The Balaban J connectivity index is 4.23. The molecule has 0 bridgehead atoms. The van der Waals surface area contributed by atoms with Gasteiger partial charge in [-0.1, -0.05) is 358 Å². The van der Waals surface area contributed by atoms with Crippen molar-refractivity contribution in [1.29, 1.82) is 0 Å². The maximum atomic E-state index is 13.0. The van der Waals surface area contributed by atoms with Gasteiger partial charge in [0.15, 0.2) is 6.10 Å². The van der Waals surface area contributed by atoms with Gasteiger partial charge in [-0.2, -0.15) is 0 Å². The Morgan fingerprint density at radius 2 is 0.487 bits per heavy atom. The number of esters is 3. The van der Waals surface area contributed by atoms with Gasteiger partial charge in [0.25, 0.3) is 0 Å². The molecule has 0 aliphatic heterocycles. The minimum Gasteiger partial charge on any atom is -0.462 e. The van der Waals surface area contributed by atoms with E-state index in [4.69, 9.17) is 14.2 Å². The van der Waals surface area contributed by atoms with Crippen molar-refractivity contribution in [2.75, 3.05) is 13.2 Å². The predicted octanol–water partition coefficient (Wildman–Crippen LogP) is 24.5. The first kappa shape index (κ1) is 77.4. The summed E-state index contributed by atoms with van der Waals surface area (Å²) in [6.07, 6.45) is 87.1. The highest BCUT2D eigenvalue weighted by Crippen LogP contribution is 2.19. The van der Waals surface area contributed by atoms with Crippen molar-refractivity contribution in [1.82, 2.24) is 0 Å². The van der Waals surface area contributed by atoms with Crippen LogP contribution in [0.3, 0.4) is 0 Å². The molecule has 0 N–H and O–H groups in total. The van der Waals surface area contributed by atoms with Crippen molar-refractivity contribution in [3.8, 4) is 0 Å². The van der Waals surface area contributed by atoms with Gasteiger partial charge in [-0.05, 0) is 57.8 Å². The summed E-state index contributed by atoms with van der Waals surface area (Å²) in [5, 5.41) is 0. The van der Waals surface area contributed by atoms with Crippen molar-refractivity contribution >= 4 is 17.9 Å². The largest absolute Gasteiger partial charge is 0.462 e. The van der Waals surface area contributed by atoms with Crippen molar-refractivity contribution in [3.05, 3.63) is 48.6 Å². The molecule has 0 aromatic heterocycles. The minimum absolute atomic E-state index is 0.0659. The zero-order chi connectivity index (χ0) is 57.8. The van der Waals surface area contributed by atoms with E-state index >= 15 is 0 Å². The minimum atomic E-state index is -0.770. The zero-order valence-electron chi connectivity index (χ0n) is 53.9. The molecular formula is C74H136O6. The summed E-state index contributed by atoms with van der Waals surface area (Å²) in [5.74, 6) is -0.835. The fourth-order valence-corrected chi connectivity index (χ4v) is 10.8. The summed E-state index contributed by atoms with van der Waals surface area (Å²) < 4.78 is 17.0. The highest BCUT2D eigenvalue weighted by atomic mass is 16.6. The quantitative estimate of drug-likeness (QED) is 0.0261. The van der Waals surface area contributed by atoms with Crippen LogP contribution in [0.2, 0.25) is 0 Å². The molecule has 6 nitrogen and oxygen atoms in total. The summed E-state index contributed by atoms with van der Waals surface area (Å²) >= 11 is 0. The van der Waals surface area contributed by atoms with E-state index in [0.29, 0.717) is 19.3 Å². The fraction of sp³-hybridized carbons (Fsp3) is 0.851. The second-order valence-corrected chi connectivity index (χ2v) is 24.1. The Bertz CT molecular complexity index is 1380. The smallest absolute Gasteiger partial charge is 0.306 e. The number of ether oxygens (including phenoxy) is 3. The van der Waals surface area contributed by atoms with E-state index in [-0.39, 0.29) is 31.1 Å². The second-order valence-electron chi connectivity index (χ2n) is 24.1. The van der Waals surface area contributed by atoms with E-state index in [1.165, 1.54) is 263 Å². The van der Waals surface area contributed by atoms with Crippen LogP contribution in [0.4, 0.5) is 0 Å². The third kappa shape index (κ3) is 66.2. The van der Waals surface area contributed by atoms with E-state index in [0.717, 1.165) is 83.5 Å². The lowest BCUT2D eigenvalue weighted by molar-refractivity contribution is -0.167. The molecule has 0 saturated carbocycles. The Labute approximate surface area is 498 Å². The van der Waals surface area contributed by atoms with Crippen molar-refractivity contribution in [3.63, 3.8) is 0 Å². The first-order valence-electron chi connectivity index (χ1n) is 35.6. The Kier molecular flexibility index (Phi) is 66.6. The van der Waals surface area contributed by atoms with Crippen molar-refractivity contribution in [2.24, 2.45) is 0 Å². The maximum Gasteiger partial charge on any atom is 0.306 e. The van der Waals surface area contributed by atoms with Crippen molar-refractivity contribution in [2.45, 2.75) is 393 Å². The molecule has 0 fully saturated rings. The van der Waals surface area contributed by atoms with Gasteiger partial charge in [-0.3, -0.25) is 14.4 Å². The van der Waals surface area contributed by atoms with Gasteiger partial charge in [-0.15, -0.1) is 0 Å². The molecule has 80 heavy (non-hydrogen) atoms. The second kappa shape index (κ2) is 68.9. The lowest BCUT2D eigenvalue weighted by atomic mass is 10.0. The SMILES string of the molecule is CC/C=C\C/C=C\C/C=C\C/C=C\CCCCCCCCCCCCCCCCC(=O)OCC(COC(=O)CCCCCCCCCCCCCCCC)OC(=O)CCCCCCCCCCCCCCCCCCCCCCC. The van der Waals surface area contributed by atoms with Crippen LogP contribution in [0.15, 0.2) is 48.6 Å². The summed E-state index contributed by atoms with van der Waals surface area (Å²) in [4.78, 5) is 38.5. The van der Waals surface area contributed by atoms with Crippen LogP contribution in [0.5, 0.6) is 0 Å². The van der Waals surface area contributed by atoms with Gasteiger partial charge < -0.3 is 14.2 Å². The number of unbranched alkanes of at least 4 members (excludes halogenated alkanes) is 47. The van der Waals surface area contributed by atoms with Gasteiger partial charge in [0.2, 0.25) is 0 Å². The molecule has 0 aromatic carbocycles. The highest BCUT2D eigenvalue weighted by molar-refractivity contribution is 5.71. The van der Waals surface area contributed by atoms with Crippen LogP contribution in [0, 0.1) is 0 Å². The zero-order valence-corrected chi connectivity index (χ0v) is 53.9. The standard InChI is InChI=1S/C74H136O6/c1-4-7-10-13-16-19-22-25-28-30-32-34-35-36-37-38-39-41-42-44-46-49-52-55-58-61-64-67-73(76)79-70-71(69-78-72(75)66-63-60-57-54-51-48-27-24-21-18-15-12-9-6-3)80-74(77)68-65-62-59-56-53-50-47-45-43-40-33-31-29-26-23-20-17-14-11-8-5-2/h7,10,16,19,25,28,32,34,71H,4-6,8-9,11-15,17-18,20-24,26-27,29-31,33,35-70H2,1-3H3/b10-7-,19-16-,28-25-,34-32-. The summed E-state index contributed by atoms with van der Waals surface area (Å²) in [7, 11) is 0. The van der Waals surface area contributed by atoms with Gasteiger partial charge >= 0.3 is 17.9 Å². The lowest BCUT2D eigenvalue weighted by Crippen LogP contribution is -2.30. The maximum absolute atomic E-state index is 13.0. The first-order chi connectivity index (χ1) is 39.5. The van der Waals surface area contributed by atoms with E-state index in [1.54, 1.807) is 0 Å². The highest BCUT2D eigenvalue weighted by Gasteiger charge is 2.19. The van der Waals surface area contributed by atoms with Gasteiger partial charge in [0.05, 0.1) is 0 Å². The van der Waals surface area contributed by atoms with Crippen LogP contribution in [0.25, 0.3) is 0 Å². The molecular weight excluding hydrogens is 985 g/mol. The molecule has 6 heteroatoms.